The van der Waals surface area contributed by atoms with E-state index in [9.17, 15) is 4.79 Å². The molecule has 0 saturated heterocycles. The lowest BCUT2D eigenvalue weighted by Gasteiger charge is -2.20. The Hall–Kier alpha value is -2.49. The first-order valence-corrected chi connectivity index (χ1v) is 7.09. The van der Waals surface area contributed by atoms with Gasteiger partial charge in [-0.2, -0.15) is 0 Å². The Morgan fingerprint density at radius 1 is 1.19 bits per heavy atom. The number of fused-ring (bicyclic) bond motifs is 1. The van der Waals surface area contributed by atoms with E-state index in [4.69, 9.17) is 4.74 Å². The predicted molar refractivity (Wildman–Crippen MR) is 84.2 cm³/mol. The van der Waals surface area contributed by atoms with Gasteiger partial charge in [0.1, 0.15) is 5.75 Å². The molecule has 108 valence electrons. The van der Waals surface area contributed by atoms with Gasteiger partial charge in [0, 0.05) is 23.5 Å². The molecule has 4 heteroatoms. The van der Waals surface area contributed by atoms with Gasteiger partial charge in [0.2, 0.25) is 0 Å². The molecule has 1 aliphatic rings. The molecule has 1 amide bonds. The van der Waals surface area contributed by atoms with Crippen LogP contribution in [0.3, 0.4) is 0 Å². The highest BCUT2D eigenvalue weighted by atomic mass is 16.5. The van der Waals surface area contributed by atoms with E-state index in [1.165, 1.54) is 0 Å². The summed E-state index contributed by atoms with van der Waals surface area (Å²) in [5.41, 5.74) is 3.69. The number of hydrogen-bond donors (Lipinski definition) is 2. The van der Waals surface area contributed by atoms with Crippen LogP contribution in [-0.2, 0) is 6.42 Å². The maximum atomic E-state index is 12.5. The standard InChI is InChI=1S/C17H18N2O2/c1-21-13-9-7-12(8-10-13)19-17(20)15-4-2-6-16-14(15)5-3-11-18-16/h2,4,6-10,18H,3,5,11H2,1H3,(H,19,20). The summed E-state index contributed by atoms with van der Waals surface area (Å²) in [6.07, 6.45) is 1.99. The van der Waals surface area contributed by atoms with Crippen LogP contribution in [0.5, 0.6) is 5.75 Å². The molecule has 1 heterocycles. The highest BCUT2D eigenvalue weighted by Crippen LogP contribution is 2.26. The third-order valence-corrected chi connectivity index (χ3v) is 3.69. The summed E-state index contributed by atoms with van der Waals surface area (Å²) in [5, 5.41) is 6.28. The molecule has 2 aromatic carbocycles. The fourth-order valence-electron chi connectivity index (χ4n) is 2.60. The SMILES string of the molecule is COc1ccc(NC(=O)c2cccc3c2CCCN3)cc1. The van der Waals surface area contributed by atoms with Gasteiger partial charge in [-0.05, 0) is 54.8 Å². The van der Waals surface area contributed by atoms with Crippen molar-refractivity contribution >= 4 is 17.3 Å². The van der Waals surface area contributed by atoms with Gasteiger partial charge in [-0.25, -0.2) is 0 Å². The van der Waals surface area contributed by atoms with Crippen LogP contribution in [0.2, 0.25) is 0 Å². The molecule has 0 aliphatic carbocycles. The topological polar surface area (TPSA) is 50.4 Å². The average Bonchev–Trinajstić information content (AvgIpc) is 2.55. The van der Waals surface area contributed by atoms with Crippen molar-refractivity contribution in [1.82, 2.24) is 0 Å². The maximum Gasteiger partial charge on any atom is 0.256 e. The molecular weight excluding hydrogens is 264 g/mol. The summed E-state index contributed by atoms with van der Waals surface area (Å²) in [6, 6.07) is 13.2. The first kappa shape index (κ1) is 13.5. The van der Waals surface area contributed by atoms with Crippen molar-refractivity contribution in [2.24, 2.45) is 0 Å². The lowest BCUT2D eigenvalue weighted by Crippen LogP contribution is -2.19. The lowest BCUT2D eigenvalue weighted by molar-refractivity contribution is 0.102. The zero-order valence-corrected chi connectivity index (χ0v) is 12.0. The molecule has 21 heavy (non-hydrogen) atoms. The van der Waals surface area contributed by atoms with Gasteiger partial charge in [0.25, 0.3) is 5.91 Å². The first-order valence-electron chi connectivity index (χ1n) is 7.09. The number of carbonyl (C=O) groups excluding carboxylic acids is 1. The number of nitrogens with one attached hydrogen (secondary N) is 2. The zero-order chi connectivity index (χ0) is 14.7. The number of rotatable bonds is 3. The minimum absolute atomic E-state index is 0.0688. The van der Waals surface area contributed by atoms with Gasteiger partial charge in [0.05, 0.1) is 7.11 Å². The molecule has 0 saturated carbocycles. The number of carbonyl (C=O) groups is 1. The molecule has 0 bridgehead atoms. The lowest BCUT2D eigenvalue weighted by atomic mass is 9.97. The molecule has 2 N–H and O–H groups in total. The molecule has 2 aromatic rings. The molecule has 0 unspecified atom stereocenters. The van der Waals surface area contributed by atoms with Crippen LogP contribution in [0.1, 0.15) is 22.3 Å². The van der Waals surface area contributed by atoms with Crippen molar-refractivity contribution in [3.8, 4) is 5.75 Å². The Balaban J connectivity index is 1.82. The fraction of sp³-hybridized carbons (Fsp3) is 0.235. The van der Waals surface area contributed by atoms with E-state index in [-0.39, 0.29) is 5.91 Å². The van der Waals surface area contributed by atoms with Crippen LogP contribution in [-0.4, -0.2) is 19.6 Å². The van der Waals surface area contributed by atoms with Gasteiger partial charge < -0.3 is 15.4 Å². The van der Waals surface area contributed by atoms with Crippen molar-refractivity contribution in [2.75, 3.05) is 24.3 Å². The van der Waals surface area contributed by atoms with E-state index in [1.54, 1.807) is 7.11 Å². The summed E-state index contributed by atoms with van der Waals surface area (Å²) in [5.74, 6) is 0.704. The van der Waals surface area contributed by atoms with E-state index >= 15 is 0 Å². The number of ether oxygens (including phenoxy) is 1. The molecule has 3 rings (SSSR count). The second kappa shape index (κ2) is 5.87. The van der Waals surface area contributed by atoms with Crippen LogP contribution < -0.4 is 15.4 Å². The second-order valence-corrected chi connectivity index (χ2v) is 5.04. The highest BCUT2D eigenvalue weighted by molar-refractivity contribution is 6.06. The van der Waals surface area contributed by atoms with Gasteiger partial charge in [-0.15, -0.1) is 0 Å². The van der Waals surface area contributed by atoms with Crippen LogP contribution in [0, 0.1) is 0 Å². The fourth-order valence-corrected chi connectivity index (χ4v) is 2.60. The van der Waals surface area contributed by atoms with Crippen molar-refractivity contribution in [1.29, 1.82) is 0 Å². The highest BCUT2D eigenvalue weighted by Gasteiger charge is 2.17. The van der Waals surface area contributed by atoms with E-state index in [2.05, 4.69) is 10.6 Å². The third kappa shape index (κ3) is 2.84. The minimum atomic E-state index is -0.0688. The molecule has 0 fully saturated rings. The van der Waals surface area contributed by atoms with E-state index in [1.807, 2.05) is 42.5 Å². The maximum absolute atomic E-state index is 12.5. The van der Waals surface area contributed by atoms with Crippen molar-refractivity contribution in [2.45, 2.75) is 12.8 Å². The number of anilines is 2. The molecule has 0 spiro atoms. The van der Waals surface area contributed by atoms with E-state index in [0.717, 1.165) is 47.6 Å². The number of hydrogen-bond acceptors (Lipinski definition) is 3. The zero-order valence-electron chi connectivity index (χ0n) is 12.0. The van der Waals surface area contributed by atoms with Crippen LogP contribution in [0.15, 0.2) is 42.5 Å². The molecule has 0 radical (unpaired) electrons. The monoisotopic (exact) mass is 282 g/mol. The Bertz CT molecular complexity index is 650. The van der Waals surface area contributed by atoms with Gasteiger partial charge in [-0.1, -0.05) is 6.07 Å². The smallest absolute Gasteiger partial charge is 0.256 e. The molecule has 1 aliphatic heterocycles. The second-order valence-electron chi connectivity index (χ2n) is 5.04. The summed E-state index contributed by atoms with van der Waals surface area (Å²) in [6.45, 7) is 0.969. The minimum Gasteiger partial charge on any atom is -0.497 e. The predicted octanol–water partition coefficient (Wildman–Crippen LogP) is 3.31. The quantitative estimate of drug-likeness (QED) is 0.908. The van der Waals surface area contributed by atoms with Crippen molar-refractivity contribution < 1.29 is 9.53 Å². The van der Waals surface area contributed by atoms with Crippen LogP contribution in [0.25, 0.3) is 0 Å². The normalized spacial score (nSPS) is 13.0. The third-order valence-electron chi connectivity index (χ3n) is 3.69. The van der Waals surface area contributed by atoms with Crippen LogP contribution in [0.4, 0.5) is 11.4 Å². The summed E-state index contributed by atoms with van der Waals surface area (Å²) in [7, 11) is 1.62. The first-order chi connectivity index (χ1) is 10.3. The summed E-state index contributed by atoms with van der Waals surface area (Å²) >= 11 is 0. The molecular formula is C17H18N2O2. The van der Waals surface area contributed by atoms with Gasteiger partial charge in [0.15, 0.2) is 0 Å². The molecule has 0 atom stereocenters. The Kier molecular flexibility index (Phi) is 3.77. The summed E-state index contributed by atoms with van der Waals surface area (Å²) < 4.78 is 5.11. The van der Waals surface area contributed by atoms with Gasteiger partial charge in [-0.3, -0.25) is 4.79 Å². The van der Waals surface area contributed by atoms with E-state index < -0.39 is 0 Å². The largest absolute Gasteiger partial charge is 0.497 e. The average molecular weight is 282 g/mol. The summed E-state index contributed by atoms with van der Waals surface area (Å²) in [4.78, 5) is 12.5. The Labute approximate surface area is 124 Å². The number of methoxy groups -OCH3 is 1. The van der Waals surface area contributed by atoms with Gasteiger partial charge >= 0.3 is 0 Å². The Morgan fingerprint density at radius 3 is 2.76 bits per heavy atom. The molecule has 4 nitrogen and oxygen atoms in total. The van der Waals surface area contributed by atoms with Crippen molar-refractivity contribution in [3.63, 3.8) is 0 Å². The van der Waals surface area contributed by atoms with Crippen molar-refractivity contribution in [3.05, 3.63) is 53.6 Å². The number of benzene rings is 2. The van der Waals surface area contributed by atoms with Crippen LogP contribution >= 0.6 is 0 Å². The van der Waals surface area contributed by atoms with E-state index in [0.29, 0.717) is 0 Å². The Morgan fingerprint density at radius 2 is 2.00 bits per heavy atom. The number of amides is 1. The molecule has 0 aromatic heterocycles.